The molecule has 2 aromatic carbocycles. The Morgan fingerprint density at radius 3 is 2.64 bits per heavy atom. The van der Waals surface area contributed by atoms with E-state index >= 15 is 0 Å². The van der Waals surface area contributed by atoms with E-state index in [9.17, 15) is 14.4 Å². The minimum atomic E-state index is -0.662. The number of rotatable bonds is 5. The number of hydrogen-bond donors (Lipinski definition) is 0. The molecule has 162 valence electrons. The second-order valence-electron chi connectivity index (χ2n) is 7.01. The fourth-order valence-electron chi connectivity index (χ4n) is 3.31. The first-order chi connectivity index (χ1) is 16.1. The maximum atomic E-state index is 13.0. The van der Waals surface area contributed by atoms with Crippen molar-refractivity contribution in [1.29, 1.82) is 0 Å². The Kier molecular flexibility index (Phi) is 5.80. The van der Waals surface area contributed by atoms with Gasteiger partial charge in [-0.2, -0.15) is 0 Å². The lowest BCUT2D eigenvalue weighted by molar-refractivity contribution is -0.120. The molecule has 3 heterocycles. The lowest BCUT2D eigenvalue weighted by Crippen LogP contribution is -2.34. The molecular formula is C24H15N3O4S2. The highest BCUT2D eigenvalue weighted by atomic mass is 32.2. The summed E-state index contributed by atoms with van der Waals surface area (Å²) in [7, 11) is 0. The minimum absolute atomic E-state index is 0.131. The molecule has 0 unspecified atom stereocenters. The molecule has 1 aliphatic heterocycles. The second kappa shape index (κ2) is 9.05. The van der Waals surface area contributed by atoms with Gasteiger partial charge in [0.15, 0.2) is 5.16 Å². The SMILES string of the molecule is O=C1S/C(=C\c2occc2CSc2ncccn2)C(=O)N1C(=O)c1ccc2ccccc2c1. The van der Waals surface area contributed by atoms with Crippen LogP contribution in [0.5, 0.6) is 0 Å². The number of imide groups is 3. The summed E-state index contributed by atoms with van der Waals surface area (Å²) in [4.78, 5) is 47.6. The van der Waals surface area contributed by atoms with Gasteiger partial charge in [-0.3, -0.25) is 14.4 Å². The Balaban J connectivity index is 1.36. The largest absolute Gasteiger partial charge is 0.465 e. The number of fused-ring (bicyclic) bond motifs is 1. The third-order valence-corrected chi connectivity index (χ3v) is 6.73. The maximum absolute atomic E-state index is 13.0. The van der Waals surface area contributed by atoms with Gasteiger partial charge in [0.1, 0.15) is 5.76 Å². The standard InChI is InChI=1S/C24H15N3O4S2/c28-21(17-7-6-15-4-1-2-5-16(15)12-17)27-22(29)20(33-24(27)30)13-19-18(8-11-31-19)14-32-23-25-9-3-10-26-23/h1-13H,14H2/b20-13-. The molecule has 0 radical (unpaired) electrons. The molecular weight excluding hydrogens is 458 g/mol. The van der Waals surface area contributed by atoms with E-state index in [0.717, 1.165) is 16.3 Å². The number of thioether (sulfide) groups is 2. The summed E-state index contributed by atoms with van der Waals surface area (Å²) in [5.74, 6) is -0.346. The lowest BCUT2D eigenvalue weighted by atomic mass is 10.1. The molecule has 4 aromatic rings. The number of furan rings is 1. The van der Waals surface area contributed by atoms with Crippen LogP contribution in [-0.4, -0.2) is 31.9 Å². The average Bonchev–Trinajstić information content (AvgIpc) is 3.40. The Morgan fingerprint density at radius 2 is 1.82 bits per heavy atom. The van der Waals surface area contributed by atoms with Crippen LogP contribution >= 0.6 is 23.5 Å². The van der Waals surface area contributed by atoms with Gasteiger partial charge < -0.3 is 4.42 Å². The quantitative estimate of drug-likeness (QED) is 0.165. The third-order valence-electron chi connectivity index (χ3n) is 4.93. The zero-order chi connectivity index (χ0) is 22.8. The first-order valence-corrected chi connectivity index (χ1v) is 11.7. The van der Waals surface area contributed by atoms with Gasteiger partial charge in [-0.05, 0) is 46.8 Å². The molecule has 5 rings (SSSR count). The van der Waals surface area contributed by atoms with Gasteiger partial charge in [0, 0.05) is 35.3 Å². The Morgan fingerprint density at radius 1 is 1.03 bits per heavy atom. The zero-order valence-electron chi connectivity index (χ0n) is 17.0. The monoisotopic (exact) mass is 473 g/mol. The van der Waals surface area contributed by atoms with Gasteiger partial charge in [-0.15, -0.1) is 0 Å². The molecule has 0 saturated carbocycles. The number of carbonyl (C=O) groups excluding carboxylic acids is 3. The topological polar surface area (TPSA) is 93.4 Å². The summed E-state index contributed by atoms with van der Waals surface area (Å²) in [5.41, 5.74) is 1.09. The molecule has 0 spiro atoms. The number of amides is 3. The minimum Gasteiger partial charge on any atom is -0.465 e. The first kappa shape index (κ1) is 21.2. The van der Waals surface area contributed by atoms with E-state index in [1.807, 2.05) is 24.3 Å². The summed E-state index contributed by atoms with van der Waals surface area (Å²) >= 11 is 2.14. The summed E-state index contributed by atoms with van der Waals surface area (Å²) < 4.78 is 5.52. The van der Waals surface area contributed by atoms with Crippen molar-refractivity contribution in [3.8, 4) is 0 Å². The van der Waals surface area contributed by atoms with Crippen molar-refractivity contribution in [2.45, 2.75) is 10.9 Å². The number of carbonyl (C=O) groups is 3. The summed E-state index contributed by atoms with van der Waals surface area (Å²) in [6.07, 6.45) is 6.33. The molecule has 33 heavy (non-hydrogen) atoms. The normalized spacial score (nSPS) is 15.0. The van der Waals surface area contributed by atoms with Gasteiger partial charge in [0.25, 0.3) is 11.8 Å². The zero-order valence-corrected chi connectivity index (χ0v) is 18.6. The van der Waals surface area contributed by atoms with Crippen molar-refractivity contribution in [3.63, 3.8) is 0 Å². The predicted octanol–water partition coefficient (Wildman–Crippen LogP) is 5.39. The molecule has 3 amide bonds. The number of aromatic nitrogens is 2. The first-order valence-electron chi connectivity index (χ1n) is 9.87. The molecule has 0 N–H and O–H groups in total. The Bertz CT molecular complexity index is 1420. The van der Waals surface area contributed by atoms with Crippen molar-refractivity contribution in [3.05, 3.63) is 95.0 Å². The van der Waals surface area contributed by atoms with E-state index in [1.54, 1.807) is 42.7 Å². The van der Waals surface area contributed by atoms with Gasteiger partial charge in [0.2, 0.25) is 0 Å². The molecule has 1 fully saturated rings. The van der Waals surface area contributed by atoms with Crippen LogP contribution in [0.3, 0.4) is 0 Å². The van der Waals surface area contributed by atoms with E-state index in [1.165, 1.54) is 24.1 Å². The van der Waals surface area contributed by atoms with Crippen LogP contribution in [0.15, 0.2) is 87.7 Å². The maximum Gasteiger partial charge on any atom is 0.300 e. The Labute approximate surface area is 196 Å². The third kappa shape index (κ3) is 4.33. The fraction of sp³-hybridized carbons (Fsp3) is 0.0417. The molecule has 7 nitrogen and oxygen atoms in total. The number of nitrogens with zero attached hydrogens (tertiary/aromatic N) is 3. The van der Waals surface area contributed by atoms with Crippen molar-refractivity contribution < 1.29 is 18.8 Å². The van der Waals surface area contributed by atoms with Crippen molar-refractivity contribution in [2.75, 3.05) is 0 Å². The van der Waals surface area contributed by atoms with Gasteiger partial charge >= 0.3 is 5.24 Å². The fourth-order valence-corrected chi connectivity index (χ4v) is 4.89. The van der Waals surface area contributed by atoms with Crippen molar-refractivity contribution >= 4 is 57.4 Å². The summed E-state index contributed by atoms with van der Waals surface area (Å²) in [6.45, 7) is 0. The second-order valence-corrected chi connectivity index (χ2v) is 8.95. The van der Waals surface area contributed by atoms with E-state index in [2.05, 4.69) is 9.97 Å². The molecule has 0 bridgehead atoms. The predicted molar refractivity (Wildman–Crippen MR) is 126 cm³/mol. The van der Waals surface area contributed by atoms with Crippen LogP contribution in [0.1, 0.15) is 21.7 Å². The summed E-state index contributed by atoms with van der Waals surface area (Å²) in [5, 5.41) is 1.80. The molecule has 0 aliphatic carbocycles. The number of hydrogen-bond acceptors (Lipinski definition) is 8. The number of benzene rings is 2. The van der Waals surface area contributed by atoms with E-state index < -0.39 is 17.1 Å². The van der Waals surface area contributed by atoms with E-state index in [4.69, 9.17) is 4.42 Å². The highest BCUT2D eigenvalue weighted by Crippen LogP contribution is 2.35. The van der Waals surface area contributed by atoms with Crippen LogP contribution in [0.25, 0.3) is 16.8 Å². The van der Waals surface area contributed by atoms with E-state index in [-0.39, 0.29) is 10.5 Å². The van der Waals surface area contributed by atoms with Crippen molar-refractivity contribution in [2.24, 2.45) is 0 Å². The van der Waals surface area contributed by atoms with Gasteiger partial charge in [-0.25, -0.2) is 14.9 Å². The van der Waals surface area contributed by atoms with Crippen LogP contribution in [0.4, 0.5) is 4.79 Å². The summed E-state index contributed by atoms with van der Waals surface area (Å²) in [6, 6.07) is 16.2. The molecule has 2 aromatic heterocycles. The van der Waals surface area contributed by atoms with Crippen LogP contribution < -0.4 is 0 Å². The van der Waals surface area contributed by atoms with Gasteiger partial charge in [-0.1, -0.05) is 42.1 Å². The van der Waals surface area contributed by atoms with Crippen molar-refractivity contribution in [1.82, 2.24) is 14.9 Å². The average molecular weight is 474 g/mol. The van der Waals surface area contributed by atoms with Crippen LogP contribution in [0, 0.1) is 0 Å². The highest BCUT2D eigenvalue weighted by Gasteiger charge is 2.40. The molecule has 0 atom stereocenters. The van der Waals surface area contributed by atoms with Gasteiger partial charge in [0.05, 0.1) is 11.2 Å². The molecule has 1 saturated heterocycles. The lowest BCUT2D eigenvalue weighted by Gasteiger charge is -2.11. The van der Waals surface area contributed by atoms with Crippen LogP contribution in [-0.2, 0) is 10.5 Å². The van der Waals surface area contributed by atoms with Crippen LogP contribution in [0.2, 0.25) is 0 Å². The molecule has 1 aliphatic rings. The smallest absolute Gasteiger partial charge is 0.300 e. The molecule has 9 heteroatoms. The Hall–Kier alpha value is -3.69. The van der Waals surface area contributed by atoms with E-state index in [0.29, 0.717) is 33.3 Å². The highest BCUT2D eigenvalue weighted by molar-refractivity contribution is 8.18.